The van der Waals surface area contributed by atoms with Crippen LogP contribution in [0.5, 0.6) is 0 Å². The summed E-state index contributed by atoms with van der Waals surface area (Å²) >= 11 is 0. The second-order valence-corrected chi connectivity index (χ2v) is 7.02. The lowest BCUT2D eigenvalue weighted by Gasteiger charge is -2.30. The van der Waals surface area contributed by atoms with Crippen molar-refractivity contribution in [3.8, 4) is 0 Å². The average Bonchev–Trinajstić information content (AvgIpc) is 2.39. The van der Waals surface area contributed by atoms with Gasteiger partial charge in [-0.3, -0.25) is 0 Å². The molecule has 0 heterocycles. The molecule has 1 aromatic rings. The Kier molecular flexibility index (Phi) is 3.34. The zero-order valence-corrected chi connectivity index (χ0v) is 11.7. The number of hydrogen-bond donors (Lipinski definition) is 0. The van der Waals surface area contributed by atoms with Crippen LogP contribution in [0.25, 0.3) is 4.85 Å². The van der Waals surface area contributed by atoms with Crippen molar-refractivity contribution in [3.63, 3.8) is 0 Å². The van der Waals surface area contributed by atoms with Crippen molar-refractivity contribution in [1.82, 2.24) is 0 Å². The number of hydrogen-bond acceptors (Lipinski definition) is 2. The van der Waals surface area contributed by atoms with Crippen LogP contribution in [-0.2, 0) is 15.3 Å². The third-order valence-corrected chi connectivity index (χ3v) is 4.67. The van der Waals surface area contributed by atoms with Gasteiger partial charge in [-0.25, -0.2) is 13.3 Å². The number of nitrogens with zero attached hydrogens (tertiary/aromatic N) is 1. The van der Waals surface area contributed by atoms with E-state index in [1.807, 2.05) is 43.3 Å². The van der Waals surface area contributed by atoms with Crippen LogP contribution >= 0.6 is 0 Å². The van der Waals surface area contributed by atoms with Crippen molar-refractivity contribution in [2.75, 3.05) is 6.26 Å². The van der Waals surface area contributed by atoms with Crippen LogP contribution in [0.2, 0.25) is 0 Å². The first-order chi connectivity index (χ1) is 8.87. The first kappa shape index (κ1) is 13.6. The molecule has 2 rings (SSSR count). The maximum atomic E-state index is 11.8. The Labute approximate surface area is 114 Å². The molecule has 1 aliphatic carbocycles. The van der Waals surface area contributed by atoms with Gasteiger partial charge in [-0.15, -0.1) is 0 Å². The van der Waals surface area contributed by atoms with Gasteiger partial charge in [0.05, 0.1) is 11.5 Å². The molecule has 3 nitrogen and oxygen atoms in total. The Balaban J connectivity index is 2.52. The third kappa shape index (κ3) is 2.61. The minimum atomic E-state index is -3.35. The van der Waals surface area contributed by atoms with E-state index in [1.54, 1.807) is 6.08 Å². The van der Waals surface area contributed by atoms with Crippen LogP contribution in [0.15, 0.2) is 53.1 Å². The van der Waals surface area contributed by atoms with E-state index in [4.69, 9.17) is 6.57 Å². The monoisotopic (exact) mass is 273 g/mol. The molecule has 19 heavy (non-hydrogen) atoms. The normalized spacial score (nSPS) is 23.2. The Morgan fingerprint density at radius 3 is 2.42 bits per heavy atom. The highest BCUT2D eigenvalue weighted by Gasteiger charge is 2.32. The van der Waals surface area contributed by atoms with Crippen molar-refractivity contribution >= 4 is 9.84 Å². The van der Waals surface area contributed by atoms with Crippen LogP contribution in [-0.4, -0.2) is 14.7 Å². The van der Waals surface area contributed by atoms with Crippen molar-refractivity contribution in [1.29, 1.82) is 0 Å². The second-order valence-electron chi connectivity index (χ2n) is 4.99. The largest absolute Gasteiger partial charge is 0.237 e. The lowest BCUT2D eigenvalue weighted by Crippen LogP contribution is -2.25. The first-order valence-corrected chi connectivity index (χ1v) is 7.81. The Hall–Kier alpha value is -1.86. The summed E-state index contributed by atoms with van der Waals surface area (Å²) in [5.74, 6) is 0. The molecule has 0 spiro atoms. The van der Waals surface area contributed by atoms with Gasteiger partial charge < -0.3 is 0 Å². The molecule has 0 N–H and O–H groups in total. The molecular weight excluding hydrogens is 258 g/mol. The SMILES string of the molecule is [C-]#[N+]C1=C(S(C)(=O)=O)CC(C)(c2ccccc2)C=C1. The molecule has 1 aromatic carbocycles. The maximum absolute atomic E-state index is 11.8. The fraction of sp³-hybridized carbons (Fsp3) is 0.267. The number of rotatable bonds is 2. The van der Waals surface area contributed by atoms with Gasteiger partial charge in [0.2, 0.25) is 5.70 Å². The van der Waals surface area contributed by atoms with Gasteiger partial charge in [0.15, 0.2) is 9.84 Å². The fourth-order valence-electron chi connectivity index (χ4n) is 2.28. The Morgan fingerprint density at radius 1 is 1.26 bits per heavy atom. The lowest BCUT2D eigenvalue weighted by atomic mass is 9.77. The van der Waals surface area contributed by atoms with Gasteiger partial charge in [-0.05, 0) is 12.0 Å². The predicted octanol–water partition coefficient (Wildman–Crippen LogP) is 3.08. The summed E-state index contributed by atoms with van der Waals surface area (Å²) in [5.41, 5.74) is 0.903. The zero-order chi connectivity index (χ0) is 14.1. The van der Waals surface area contributed by atoms with E-state index in [2.05, 4.69) is 4.85 Å². The fourth-order valence-corrected chi connectivity index (χ4v) is 3.33. The van der Waals surface area contributed by atoms with Gasteiger partial charge in [0, 0.05) is 11.7 Å². The van der Waals surface area contributed by atoms with Gasteiger partial charge in [-0.1, -0.05) is 49.4 Å². The molecular formula is C15H15NO2S. The van der Waals surface area contributed by atoms with E-state index >= 15 is 0 Å². The van der Waals surface area contributed by atoms with E-state index in [1.165, 1.54) is 0 Å². The maximum Gasteiger partial charge on any atom is 0.201 e. The third-order valence-electron chi connectivity index (χ3n) is 3.42. The number of allylic oxidation sites excluding steroid dienone is 3. The summed E-state index contributed by atoms with van der Waals surface area (Å²) in [7, 11) is -3.35. The second kappa shape index (κ2) is 4.67. The van der Waals surface area contributed by atoms with Crippen molar-refractivity contribution in [3.05, 3.63) is 70.1 Å². The van der Waals surface area contributed by atoms with Crippen LogP contribution in [0.1, 0.15) is 18.9 Å². The summed E-state index contributed by atoms with van der Waals surface area (Å²) in [6.45, 7) is 9.08. The summed E-state index contributed by atoms with van der Waals surface area (Å²) in [6, 6.07) is 9.75. The first-order valence-electron chi connectivity index (χ1n) is 5.92. The summed E-state index contributed by atoms with van der Waals surface area (Å²) in [5, 5.41) is 0. The van der Waals surface area contributed by atoms with E-state index in [-0.39, 0.29) is 16.0 Å². The minimum Gasteiger partial charge on any atom is -0.237 e. The number of sulfone groups is 1. The molecule has 0 radical (unpaired) electrons. The van der Waals surface area contributed by atoms with E-state index in [9.17, 15) is 8.42 Å². The van der Waals surface area contributed by atoms with Gasteiger partial charge in [-0.2, -0.15) is 0 Å². The van der Waals surface area contributed by atoms with Crippen LogP contribution in [0.3, 0.4) is 0 Å². The van der Waals surface area contributed by atoms with Crippen LogP contribution in [0, 0.1) is 6.57 Å². The minimum absolute atomic E-state index is 0.232. The molecule has 1 aliphatic rings. The van der Waals surface area contributed by atoms with E-state index in [0.29, 0.717) is 6.42 Å². The molecule has 1 atom stereocenters. The Morgan fingerprint density at radius 2 is 1.89 bits per heavy atom. The molecule has 98 valence electrons. The topological polar surface area (TPSA) is 38.5 Å². The van der Waals surface area contributed by atoms with E-state index in [0.717, 1.165) is 11.8 Å². The zero-order valence-electron chi connectivity index (χ0n) is 10.9. The highest BCUT2D eigenvalue weighted by atomic mass is 32.2. The molecule has 4 heteroatoms. The molecule has 0 saturated carbocycles. The summed E-state index contributed by atoms with van der Waals surface area (Å²) in [4.78, 5) is 3.55. The summed E-state index contributed by atoms with van der Waals surface area (Å²) < 4.78 is 23.7. The molecule has 0 bridgehead atoms. The molecule has 0 fully saturated rings. The van der Waals surface area contributed by atoms with Crippen molar-refractivity contribution in [2.45, 2.75) is 18.8 Å². The molecule has 0 aromatic heterocycles. The Bertz CT molecular complexity index is 693. The molecule has 1 unspecified atom stereocenters. The van der Waals surface area contributed by atoms with E-state index < -0.39 is 9.84 Å². The van der Waals surface area contributed by atoms with Crippen molar-refractivity contribution in [2.24, 2.45) is 0 Å². The van der Waals surface area contributed by atoms with Gasteiger partial charge in [0.25, 0.3) is 0 Å². The quantitative estimate of drug-likeness (QED) is 0.777. The highest BCUT2D eigenvalue weighted by Crippen LogP contribution is 2.39. The highest BCUT2D eigenvalue weighted by molar-refractivity contribution is 7.94. The van der Waals surface area contributed by atoms with Crippen LogP contribution in [0.4, 0.5) is 0 Å². The van der Waals surface area contributed by atoms with Gasteiger partial charge >= 0.3 is 0 Å². The molecule has 0 aliphatic heterocycles. The van der Waals surface area contributed by atoms with Crippen molar-refractivity contribution < 1.29 is 8.42 Å². The average molecular weight is 273 g/mol. The van der Waals surface area contributed by atoms with Gasteiger partial charge in [0.1, 0.15) is 0 Å². The molecule has 0 amide bonds. The van der Waals surface area contributed by atoms with Crippen LogP contribution < -0.4 is 0 Å². The predicted molar refractivity (Wildman–Crippen MR) is 76.0 cm³/mol. The molecule has 0 saturated heterocycles. The number of benzene rings is 1. The smallest absolute Gasteiger partial charge is 0.201 e. The lowest BCUT2D eigenvalue weighted by molar-refractivity contribution is 0.570. The standard InChI is InChI=1S/C15H15NO2S/c1-15(12-7-5-4-6-8-12)10-9-13(16-2)14(11-15)19(3,17)18/h4-10H,11H2,1,3H3. The summed E-state index contributed by atoms with van der Waals surface area (Å²) in [6.07, 6.45) is 5.05.